The second-order valence-electron chi connectivity index (χ2n) is 7.77. The van der Waals surface area contributed by atoms with E-state index in [0.29, 0.717) is 0 Å². The van der Waals surface area contributed by atoms with Gasteiger partial charge < -0.3 is 10.3 Å². The highest BCUT2D eigenvalue weighted by Gasteiger charge is 2.15. The van der Waals surface area contributed by atoms with Gasteiger partial charge in [0.05, 0.1) is 11.0 Å². The quantitative estimate of drug-likeness (QED) is 0.407. The molecule has 3 aromatic carbocycles. The van der Waals surface area contributed by atoms with Crippen LogP contribution in [0.2, 0.25) is 0 Å². The van der Waals surface area contributed by atoms with Gasteiger partial charge in [0.1, 0.15) is 5.82 Å². The summed E-state index contributed by atoms with van der Waals surface area (Å²) in [7, 11) is 0. The van der Waals surface area contributed by atoms with Gasteiger partial charge >= 0.3 is 0 Å². The van der Waals surface area contributed by atoms with Crippen molar-refractivity contribution in [2.45, 2.75) is 38.0 Å². The number of rotatable bonds is 4. The van der Waals surface area contributed by atoms with Crippen LogP contribution in [0.25, 0.3) is 22.4 Å². The van der Waals surface area contributed by atoms with Crippen molar-refractivity contribution >= 4 is 22.4 Å². The molecule has 3 heteroatoms. The number of para-hydroxylation sites is 2. The van der Waals surface area contributed by atoms with E-state index in [4.69, 9.17) is 4.98 Å². The minimum atomic E-state index is 0.749. The van der Waals surface area contributed by atoms with E-state index >= 15 is 0 Å². The summed E-state index contributed by atoms with van der Waals surface area (Å²) in [6.45, 7) is 0. The Morgan fingerprint density at radius 3 is 2.43 bits per heavy atom. The number of nitrogens with one attached hydrogen (secondary N) is 2. The first-order chi connectivity index (χ1) is 13.8. The van der Waals surface area contributed by atoms with E-state index < -0.39 is 0 Å². The minimum absolute atomic E-state index is 0.749. The van der Waals surface area contributed by atoms with E-state index in [1.165, 1.54) is 37.7 Å². The molecule has 0 unspecified atom stereocenters. The molecule has 0 aliphatic heterocycles. The van der Waals surface area contributed by atoms with Crippen LogP contribution in [0.1, 0.15) is 43.6 Å². The Morgan fingerprint density at radius 2 is 1.61 bits per heavy atom. The summed E-state index contributed by atoms with van der Waals surface area (Å²) in [5, 5.41) is 3.54. The van der Waals surface area contributed by atoms with Crippen LogP contribution in [0.3, 0.4) is 0 Å². The Balaban J connectivity index is 1.35. The predicted molar refractivity (Wildman–Crippen MR) is 117 cm³/mol. The summed E-state index contributed by atoms with van der Waals surface area (Å²) in [5.74, 6) is 1.65. The highest BCUT2D eigenvalue weighted by Crippen LogP contribution is 2.33. The summed E-state index contributed by atoms with van der Waals surface area (Å²) in [4.78, 5) is 8.12. The highest BCUT2D eigenvalue weighted by molar-refractivity contribution is 5.80. The molecule has 0 spiro atoms. The summed E-state index contributed by atoms with van der Waals surface area (Å²) in [5.41, 5.74) is 6.83. The fourth-order valence-corrected chi connectivity index (χ4v) is 4.27. The Labute approximate surface area is 165 Å². The zero-order chi connectivity index (χ0) is 18.8. The SMILES string of the molecule is c1cc(Nc2ccc(C3CCCCC3)cc2)cc(-c2nc3ccccc3[nH]2)c1. The highest BCUT2D eigenvalue weighted by atomic mass is 14.9. The third-order valence-corrected chi connectivity index (χ3v) is 5.80. The molecule has 1 heterocycles. The van der Waals surface area contributed by atoms with Crippen LogP contribution in [0.5, 0.6) is 0 Å². The summed E-state index contributed by atoms with van der Waals surface area (Å²) in [6.07, 6.45) is 6.83. The summed E-state index contributed by atoms with van der Waals surface area (Å²) >= 11 is 0. The molecule has 1 fully saturated rings. The molecule has 1 saturated carbocycles. The van der Waals surface area contributed by atoms with Gasteiger partial charge in [0.2, 0.25) is 0 Å². The first-order valence-electron chi connectivity index (χ1n) is 10.3. The normalized spacial score (nSPS) is 15.0. The molecule has 0 amide bonds. The zero-order valence-electron chi connectivity index (χ0n) is 16.0. The Kier molecular flexibility index (Phi) is 4.58. The monoisotopic (exact) mass is 367 g/mol. The van der Waals surface area contributed by atoms with Crippen molar-refractivity contribution in [3.8, 4) is 11.4 Å². The number of fused-ring (bicyclic) bond motifs is 1. The molecule has 5 rings (SSSR count). The van der Waals surface area contributed by atoms with Gasteiger partial charge in [0, 0.05) is 16.9 Å². The summed E-state index contributed by atoms with van der Waals surface area (Å²) < 4.78 is 0. The number of H-pyrrole nitrogens is 1. The molecule has 1 aliphatic rings. The molecule has 28 heavy (non-hydrogen) atoms. The molecule has 2 N–H and O–H groups in total. The van der Waals surface area contributed by atoms with Gasteiger partial charge in [-0.25, -0.2) is 4.98 Å². The van der Waals surface area contributed by atoms with Crippen LogP contribution in [0, 0.1) is 0 Å². The average Bonchev–Trinajstić information content (AvgIpc) is 3.20. The molecular formula is C25H25N3. The molecule has 3 nitrogen and oxygen atoms in total. The van der Waals surface area contributed by atoms with Crippen LogP contribution in [-0.2, 0) is 0 Å². The van der Waals surface area contributed by atoms with Crippen molar-refractivity contribution in [2.75, 3.05) is 5.32 Å². The van der Waals surface area contributed by atoms with Crippen molar-refractivity contribution < 1.29 is 0 Å². The van der Waals surface area contributed by atoms with E-state index in [9.17, 15) is 0 Å². The van der Waals surface area contributed by atoms with Gasteiger partial charge in [-0.15, -0.1) is 0 Å². The predicted octanol–water partition coefficient (Wildman–Crippen LogP) is 7.02. The maximum Gasteiger partial charge on any atom is 0.138 e. The lowest BCUT2D eigenvalue weighted by Gasteiger charge is -2.22. The molecular weight excluding hydrogens is 342 g/mol. The van der Waals surface area contributed by atoms with Crippen molar-refractivity contribution in [1.82, 2.24) is 9.97 Å². The molecule has 140 valence electrons. The molecule has 4 aromatic rings. The topological polar surface area (TPSA) is 40.7 Å². The average molecular weight is 367 g/mol. The van der Waals surface area contributed by atoms with Gasteiger partial charge in [-0.1, -0.05) is 55.7 Å². The maximum absolute atomic E-state index is 4.71. The van der Waals surface area contributed by atoms with Crippen LogP contribution in [0.4, 0.5) is 11.4 Å². The lowest BCUT2D eigenvalue weighted by Crippen LogP contribution is -2.04. The fraction of sp³-hybridized carbons (Fsp3) is 0.240. The number of nitrogens with zero attached hydrogens (tertiary/aromatic N) is 1. The van der Waals surface area contributed by atoms with Gasteiger partial charge in [0.25, 0.3) is 0 Å². The number of benzene rings is 3. The smallest absolute Gasteiger partial charge is 0.138 e. The number of anilines is 2. The molecule has 0 saturated heterocycles. The molecule has 0 radical (unpaired) electrons. The maximum atomic E-state index is 4.71. The number of hydrogen-bond acceptors (Lipinski definition) is 2. The first-order valence-corrected chi connectivity index (χ1v) is 10.3. The molecule has 1 aromatic heterocycles. The standard InChI is InChI=1S/C25H25N3/c1-2-7-18(8-3-1)19-13-15-21(16-14-19)26-22-10-6-9-20(17-22)25-27-23-11-4-5-12-24(23)28-25/h4-6,9-18,26H,1-3,7-8H2,(H,27,28). The number of aromatic nitrogens is 2. The van der Waals surface area contributed by atoms with Crippen LogP contribution >= 0.6 is 0 Å². The second kappa shape index (κ2) is 7.51. The molecule has 0 atom stereocenters. The zero-order valence-corrected chi connectivity index (χ0v) is 16.0. The van der Waals surface area contributed by atoms with Gasteiger partial charge in [-0.05, 0) is 60.7 Å². The van der Waals surface area contributed by atoms with Crippen LogP contribution in [0.15, 0.2) is 72.8 Å². The summed E-state index contributed by atoms with van der Waals surface area (Å²) in [6, 6.07) is 25.5. The van der Waals surface area contributed by atoms with E-state index in [1.54, 1.807) is 0 Å². The molecule has 1 aliphatic carbocycles. The van der Waals surface area contributed by atoms with Crippen LogP contribution < -0.4 is 5.32 Å². The van der Waals surface area contributed by atoms with Crippen LogP contribution in [-0.4, -0.2) is 9.97 Å². The minimum Gasteiger partial charge on any atom is -0.356 e. The van der Waals surface area contributed by atoms with Crippen molar-refractivity contribution in [3.05, 3.63) is 78.4 Å². The largest absolute Gasteiger partial charge is 0.356 e. The van der Waals surface area contributed by atoms with E-state index in [1.807, 2.05) is 18.2 Å². The number of hydrogen-bond donors (Lipinski definition) is 2. The Morgan fingerprint density at radius 1 is 0.786 bits per heavy atom. The van der Waals surface area contributed by atoms with Crippen molar-refractivity contribution in [3.63, 3.8) is 0 Å². The van der Waals surface area contributed by atoms with E-state index in [-0.39, 0.29) is 0 Å². The van der Waals surface area contributed by atoms with E-state index in [0.717, 1.165) is 39.7 Å². The number of imidazole rings is 1. The van der Waals surface area contributed by atoms with Crippen molar-refractivity contribution in [1.29, 1.82) is 0 Å². The van der Waals surface area contributed by atoms with Gasteiger partial charge in [-0.3, -0.25) is 0 Å². The number of aromatic amines is 1. The third kappa shape index (κ3) is 3.53. The Bertz CT molecular complexity index is 1040. The van der Waals surface area contributed by atoms with Crippen molar-refractivity contribution in [2.24, 2.45) is 0 Å². The van der Waals surface area contributed by atoms with Gasteiger partial charge in [-0.2, -0.15) is 0 Å². The second-order valence-corrected chi connectivity index (χ2v) is 7.77. The van der Waals surface area contributed by atoms with E-state index in [2.05, 4.69) is 64.9 Å². The van der Waals surface area contributed by atoms with Gasteiger partial charge in [0.15, 0.2) is 0 Å². The molecule has 0 bridgehead atoms. The Hall–Kier alpha value is -3.07. The lowest BCUT2D eigenvalue weighted by atomic mass is 9.84. The third-order valence-electron chi connectivity index (χ3n) is 5.80. The fourth-order valence-electron chi connectivity index (χ4n) is 4.27. The lowest BCUT2D eigenvalue weighted by molar-refractivity contribution is 0.443. The first kappa shape index (κ1) is 17.1.